The molecule has 1 aromatic heterocycles. The van der Waals surface area contributed by atoms with E-state index in [-0.39, 0.29) is 28.3 Å². The smallest absolute Gasteiger partial charge is 0.311 e. The van der Waals surface area contributed by atoms with Gasteiger partial charge in [-0.3, -0.25) is 15.1 Å². The maximum absolute atomic E-state index is 11.9. The van der Waals surface area contributed by atoms with Crippen LogP contribution < -0.4 is 9.75 Å². The molecule has 174 valence electrons. The molecule has 0 radical (unpaired) electrons. The molecule has 1 unspecified atom stereocenters. The van der Waals surface area contributed by atoms with Gasteiger partial charge in [0.05, 0.1) is 4.92 Å². The topological polar surface area (TPSA) is 86.3 Å². The van der Waals surface area contributed by atoms with E-state index in [9.17, 15) is 10.1 Å². The molecule has 1 atom stereocenters. The first-order chi connectivity index (χ1) is 16.7. The van der Waals surface area contributed by atoms with Crippen molar-refractivity contribution in [3.63, 3.8) is 0 Å². The van der Waals surface area contributed by atoms with Crippen LogP contribution in [0.25, 0.3) is 0 Å². The van der Waals surface area contributed by atoms with Crippen molar-refractivity contribution in [3.05, 3.63) is 86.0 Å². The van der Waals surface area contributed by atoms with Gasteiger partial charge in [0.25, 0.3) is 0 Å². The van der Waals surface area contributed by atoms with Gasteiger partial charge in [0.1, 0.15) is 17.0 Å². The fraction of sp³-hybridized carbons (Fsp3) is 0.333. The van der Waals surface area contributed by atoms with Crippen molar-refractivity contribution in [2.45, 2.75) is 55.2 Å². The summed E-state index contributed by atoms with van der Waals surface area (Å²) >= 11 is 3.26. The number of benzene rings is 2. The predicted octanol–water partition coefficient (Wildman–Crippen LogP) is 6.10. The van der Waals surface area contributed by atoms with Crippen LogP contribution in [-0.2, 0) is 6.61 Å². The third-order valence-corrected chi connectivity index (χ3v) is 8.65. The van der Waals surface area contributed by atoms with Crippen molar-refractivity contribution < 1.29 is 9.66 Å². The molecule has 0 saturated heterocycles. The molecular weight excluding hydrogens is 470 g/mol. The van der Waals surface area contributed by atoms with Crippen LogP contribution in [0.15, 0.2) is 64.1 Å². The first-order valence-electron chi connectivity index (χ1n) is 11.4. The summed E-state index contributed by atoms with van der Waals surface area (Å²) in [5.41, 5.74) is 1.79. The highest BCUT2D eigenvalue weighted by Gasteiger charge is 2.41. The van der Waals surface area contributed by atoms with Gasteiger partial charge < -0.3 is 4.74 Å². The van der Waals surface area contributed by atoms with E-state index < -0.39 is 0 Å². The van der Waals surface area contributed by atoms with Gasteiger partial charge in [-0.1, -0.05) is 67.4 Å². The molecule has 2 aromatic carbocycles. The second-order valence-corrected chi connectivity index (χ2v) is 10.6. The van der Waals surface area contributed by atoms with E-state index in [0.29, 0.717) is 5.92 Å². The van der Waals surface area contributed by atoms with Crippen molar-refractivity contribution in [2.24, 2.45) is 0 Å². The highest BCUT2D eigenvalue weighted by molar-refractivity contribution is 8.07. The third kappa shape index (κ3) is 3.84. The second-order valence-electron chi connectivity index (χ2n) is 8.64. The number of nitrogens with zero attached hydrogens (tertiary/aromatic N) is 5. The molecule has 3 aromatic rings. The molecule has 1 saturated carbocycles. The minimum Gasteiger partial charge on any atom is -0.482 e. The minimum atomic E-state index is -0.367. The van der Waals surface area contributed by atoms with E-state index in [4.69, 9.17) is 4.74 Å². The summed E-state index contributed by atoms with van der Waals surface area (Å²) in [5.74, 6) is 1.69. The van der Waals surface area contributed by atoms with Gasteiger partial charge in [-0.05, 0) is 41.8 Å². The van der Waals surface area contributed by atoms with Crippen molar-refractivity contribution in [3.8, 4) is 5.75 Å². The van der Waals surface area contributed by atoms with Gasteiger partial charge in [-0.2, -0.15) is 0 Å². The molecule has 10 heteroatoms. The van der Waals surface area contributed by atoms with E-state index in [1.165, 1.54) is 19.3 Å². The quantitative estimate of drug-likeness (QED) is 0.301. The molecular formula is C24H23N5O3S2. The second kappa shape index (κ2) is 8.99. The number of nitro benzene ring substituents is 1. The molecule has 0 spiro atoms. The highest BCUT2D eigenvalue weighted by Crippen LogP contribution is 2.52. The normalized spacial score (nSPS) is 19.6. The van der Waals surface area contributed by atoms with Crippen LogP contribution >= 0.6 is 23.5 Å². The summed E-state index contributed by atoms with van der Waals surface area (Å²) in [6.07, 6.45) is 5.98. The Morgan fingerprint density at radius 1 is 1.09 bits per heavy atom. The number of thioether (sulfide) groups is 2. The van der Waals surface area contributed by atoms with Crippen molar-refractivity contribution in [2.75, 3.05) is 5.01 Å². The largest absolute Gasteiger partial charge is 0.482 e. The summed E-state index contributed by atoms with van der Waals surface area (Å²) in [6.45, 7) is 0.280. The Morgan fingerprint density at radius 2 is 1.91 bits per heavy atom. The molecule has 1 aliphatic carbocycles. The third-order valence-electron chi connectivity index (χ3n) is 6.47. The predicted molar refractivity (Wildman–Crippen MR) is 132 cm³/mol. The first kappa shape index (κ1) is 21.5. The molecule has 2 aliphatic heterocycles. The van der Waals surface area contributed by atoms with Crippen LogP contribution in [0.3, 0.4) is 0 Å². The summed E-state index contributed by atoms with van der Waals surface area (Å²) in [6, 6.07) is 14.9. The number of fused-ring (bicyclic) bond motifs is 3. The zero-order valence-corrected chi connectivity index (χ0v) is 20.0. The van der Waals surface area contributed by atoms with E-state index >= 15 is 0 Å². The summed E-state index contributed by atoms with van der Waals surface area (Å²) in [5, 5.41) is 27.0. The first-order valence-corrected chi connectivity index (χ1v) is 13.2. The number of hydrogen-bond acceptors (Lipinski definition) is 8. The molecule has 34 heavy (non-hydrogen) atoms. The van der Waals surface area contributed by atoms with Gasteiger partial charge in [0.2, 0.25) is 5.16 Å². The lowest BCUT2D eigenvalue weighted by Gasteiger charge is -2.28. The number of ether oxygens (including phenoxy) is 1. The van der Waals surface area contributed by atoms with Crippen LogP contribution in [-0.4, -0.2) is 19.8 Å². The number of rotatable bonds is 6. The van der Waals surface area contributed by atoms with Gasteiger partial charge in [0.15, 0.2) is 11.6 Å². The monoisotopic (exact) mass is 493 g/mol. The zero-order valence-electron chi connectivity index (χ0n) is 18.4. The summed E-state index contributed by atoms with van der Waals surface area (Å²) < 4.78 is 7.97. The number of aromatic nitrogens is 3. The SMILES string of the molecule is O=[N+]([O-])c1cc(C2SC=C3Sc4nnc(C5CCCCC5)n4N32)ccc1OCc1ccccc1. The zero-order chi connectivity index (χ0) is 23.1. The van der Waals surface area contributed by atoms with E-state index in [1.807, 2.05) is 36.4 Å². The van der Waals surface area contributed by atoms with E-state index in [0.717, 1.165) is 40.0 Å². The Labute approximate surface area is 205 Å². The molecule has 0 amide bonds. The van der Waals surface area contributed by atoms with Crippen molar-refractivity contribution in [1.82, 2.24) is 14.9 Å². The van der Waals surface area contributed by atoms with Gasteiger partial charge in [0, 0.05) is 17.4 Å². The van der Waals surface area contributed by atoms with Crippen LogP contribution in [0, 0.1) is 10.1 Å². The lowest BCUT2D eigenvalue weighted by molar-refractivity contribution is -0.386. The van der Waals surface area contributed by atoms with Crippen molar-refractivity contribution in [1.29, 1.82) is 0 Å². The molecule has 3 aliphatic rings. The number of hydrogen-bond donors (Lipinski definition) is 0. The molecule has 0 bridgehead atoms. The van der Waals surface area contributed by atoms with Gasteiger partial charge in [-0.25, -0.2) is 4.68 Å². The van der Waals surface area contributed by atoms with Crippen LogP contribution in [0.1, 0.15) is 60.3 Å². The molecule has 3 heterocycles. The standard InChI is InChI=1S/C24H23N5O3S2/c30-29(31)19-13-18(11-12-20(19)32-14-16-7-3-1-4-8-16)23-27-21(15-33-23)34-24-26-25-22(28(24)27)17-9-5-2-6-10-17/h1,3-4,7-8,11-13,15,17,23H,2,5-6,9-10,14H2. The Hall–Kier alpha value is -2.98. The maximum atomic E-state index is 11.9. The summed E-state index contributed by atoms with van der Waals surface area (Å²) in [4.78, 5) is 11.5. The van der Waals surface area contributed by atoms with Gasteiger partial charge in [-0.15, -0.1) is 10.2 Å². The van der Waals surface area contributed by atoms with Crippen molar-refractivity contribution >= 4 is 29.2 Å². The molecule has 1 fully saturated rings. The Morgan fingerprint density at radius 3 is 2.71 bits per heavy atom. The average Bonchev–Trinajstić information content (AvgIpc) is 3.56. The van der Waals surface area contributed by atoms with E-state index in [2.05, 4.69) is 25.3 Å². The average molecular weight is 494 g/mol. The minimum absolute atomic E-state index is 0.0224. The molecule has 0 N–H and O–H groups in total. The molecule has 6 rings (SSSR count). The lowest BCUT2D eigenvalue weighted by atomic mass is 9.89. The van der Waals surface area contributed by atoms with Crippen LogP contribution in [0.5, 0.6) is 5.75 Å². The fourth-order valence-corrected chi connectivity index (χ4v) is 7.01. The van der Waals surface area contributed by atoms with Gasteiger partial charge >= 0.3 is 5.69 Å². The maximum Gasteiger partial charge on any atom is 0.311 e. The Bertz CT molecular complexity index is 1260. The molecule has 8 nitrogen and oxygen atoms in total. The lowest BCUT2D eigenvalue weighted by Crippen LogP contribution is -2.32. The number of nitro groups is 1. The van der Waals surface area contributed by atoms with Crippen LogP contribution in [0.4, 0.5) is 5.69 Å². The van der Waals surface area contributed by atoms with Crippen LogP contribution in [0.2, 0.25) is 0 Å². The van der Waals surface area contributed by atoms with E-state index in [1.54, 1.807) is 35.7 Å². The highest BCUT2D eigenvalue weighted by atomic mass is 32.2. The Kier molecular flexibility index (Phi) is 5.70. The summed E-state index contributed by atoms with van der Waals surface area (Å²) in [7, 11) is 0. The Balaban J connectivity index is 1.29. The fourth-order valence-electron chi connectivity index (χ4n) is 4.78.